The zero-order valence-corrected chi connectivity index (χ0v) is 22.7. The molecule has 1 unspecified atom stereocenters. The van der Waals surface area contributed by atoms with Crippen molar-refractivity contribution in [3.63, 3.8) is 0 Å². The highest BCUT2D eigenvalue weighted by atomic mass is 16.5. The predicted octanol–water partition coefficient (Wildman–Crippen LogP) is 1.18. The average molecular weight is 553 g/mol. The van der Waals surface area contributed by atoms with Crippen LogP contribution in [0.5, 0.6) is 11.5 Å². The lowest BCUT2D eigenvalue weighted by atomic mass is 9.77. The predicted molar refractivity (Wildman–Crippen MR) is 145 cm³/mol. The Morgan fingerprint density at radius 2 is 1.93 bits per heavy atom. The zero-order valence-electron chi connectivity index (χ0n) is 22.7. The second-order valence-electron chi connectivity index (χ2n) is 10.5. The summed E-state index contributed by atoms with van der Waals surface area (Å²) in [4.78, 5) is 29.0. The maximum absolute atomic E-state index is 13.9. The maximum atomic E-state index is 13.9. The first-order chi connectivity index (χ1) is 19.4. The number of aliphatic hydroxyl groups is 3. The van der Waals surface area contributed by atoms with Gasteiger partial charge in [-0.25, -0.2) is 0 Å². The van der Waals surface area contributed by atoms with Crippen LogP contribution in [0.1, 0.15) is 34.6 Å². The Labute approximate surface area is 233 Å². The number of hydrogen-bond acceptors (Lipinski definition) is 8. The second kappa shape index (κ2) is 12.0. The summed E-state index contributed by atoms with van der Waals surface area (Å²) < 4.78 is 17.3. The molecular weight excluding hydrogens is 516 g/mol. The van der Waals surface area contributed by atoms with E-state index in [1.165, 1.54) is 7.11 Å². The molecular formula is C30H36N2O8. The number of hydrogen-bond donors (Lipinski definition) is 4. The van der Waals surface area contributed by atoms with E-state index in [9.17, 15) is 24.9 Å². The summed E-state index contributed by atoms with van der Waals surface area (Å²) in [6.45, 7) is 2.55. The molecule has 10 nitrogen and oxygen atoms in total. The highest BCUT2D eigenvalue weighted by Crippen LogP contribution is 2.51. The van der Waals surface area contributed by atoms with Gasteiger partial charge in [0.25, 0.3) is 0 Å². The molecule has 2 aromatic carbocycles. The van der Waals surface area contributed by atoms with Gasteiger partial charge < -0.3 is 39.7 Å². The molecule has 0 saturated carbocycles. The molecule has 5 atom stereocenters. The molecule has 40 heavy (non-hydrogen) atoms. The summed E-state index contributed by atoms with van der Waals surface area (Å²) >= 11 is 0. The van der Waals surface area contributed by atoms with Gasteiger partial charge in [0, 0.05) is 30.8 Å². The van der Waals surface area contributed by atoms with Crippen molar-refractivity contribution >= 4 is 11.8 Å². The fourth-order valence-electron chi connectivity index (χ4n) is 5.80. The zero-order chi connectivity index (χ0) is 28.4. The molecule has 2 aliphatic heterocycles. The number of benzene rings is 2. The third-order valence-electron chi connectivity index (χ3n) is 7.89. The lowest BCUT2D eigenvalue weighted by molar-refractivity contribution is -0.142. The summed E-state index contributed by atoms with van der Waals surface area (Å²) in [6.07, 6.45) is 0.160. The first kappa shape index (κ1) is 28.1. The van der Waals surface area contributed by atoms with Crippen molar-refractivity contribution in [2.75, 3.05) is 33.5 Å². The standard InChI is InChI=1S/C30H36N2O8/c1-17-3-5-18(6-4-17)14-32(30(37)20-7-10-39-16-20)23-13-22(29(36)31-8-9-33)25-21-11-19(15-34)12-24(38-2)27(21)40-28(25)26(23)35/h3-6,11-13,20,23,25-26,28,33-35H,7-10,14-16H2,1-2H3,(H,31,36)/t20?,23-,25+,26+,28+/m1/s1. The molecule has 1 saturated heterocycles. The molecule has 0 bridgehead atoms. The van der Waals surface area contributed by atoms with E-state index in [0.29, 0.717) is 47.8 Å². The van der Waals surface area contributed by atoms with Crippen LogP contribution in [0.2, 0.25) is 0 Å². The van der Waals surface area contributed by atoms with Gasteiger partial charge in [0.15, 0.2) is 11.5 Å². The average Bonchev–Trinajstić information content (AvgIpc) is 3.64. The first-order valence-electron chi connectivity index (χ1n) is 13.6. The van der Waals surface area contributed by atoms with E-state index in [1.807, 2.05) is 31.2 Å². The van der Waals surface area contributed by atoms with E-state index in [1.54, 1.807) is 23.1 Å². The van der Waals surface area contributed by atoms with Crippen LogP contribution in [0.4, 0.5) is 0 Å². The van der Waals surface area contributed by atoms with E-state index >= 15 is 0 Å². The van der Waals surface area contributed by atoms with Crippen LogP contribution in [-0.4, -0.2) is 83.8 Å². The summed E-state index contributed by atoms with van der Waals surface area (Å²) in [5, 5.41) is 33.7. The van der Waals surface area contributed by atoms with Crippen LogP contribution in [0.25, 0.3) is 0 Å². The second-order valence-corrected chi connectivity index (χ2v) is 10.5. The minimum atomic E-state index is -1.18. The highest BCUT2D eigenvalue weighted by molar-refractivity contribution is 5.96. The molecule has 2 aromatic rings. The molecule has 2 heterocycles. The summed E-state index contributed by atoms with van der Waals surface area (Å²) in [7, 11) is 1.48. The molecule has 5 rings (SSSR count). The molecule has 214 valence electrons. The first-order valence-corrected chi connectivity index (χ1v) is 13.6. The van der Waals surface area contributed by atoms with Crippen LogP contribution in [-0.2, 0) is 27.5 Å². The van der Waals surface area contributed by atoms with Crippen LogP contribution >= 0.6 is 0 Å². The number of carbonyl (C=O) groups is 2. The number of ether oxygens (including phenoxy) is 3. The fraction of sp³-hybridized carbons (Fsp3) is 0.467. The quantitative estimate of drug-likeness (QED) is 0.364. The smallest absolute Gasteiger partial charge is 0.247 e. The van der Waals surface area contributed by atoms with Crippen molar-refractivity contribution in [2.24, 2.45) is 5.92 Å². The summed E-state index contributed by atoms with van der Waals surface area (Å²) in [5.41, 5.74) is 3.47. The monoisotopic (exact) mass is 552 g/mol. The minimum Gasteiger partial charge on any atom is -0.493 e. The number of methoxy groups -OCH3 is 1. The van der Waals surface area contributed by atoms with E-state index in [-0.39, 0.29) is 38.1 Å². The Bertz CT molecular complexity index is 1270. The van der Waals surface area contributed by atoms with Crippen LogP contribution in [0.15, 0.2) is 48.0 Å². The topological polar surface area (TPSA) is 138 Å². The van der Waals surface area contributed by atoms with Gasteiger partial charge in [-0.15, -0.1) is 0 Å². The van der Waals surface area contributed by atoms with E-state index in [0.717, 1.165) is 11.1 Å². The lowest BCUT2D eigenvalue weighted by Crippen LogP contribution is -2.56. The molecule has 0 radical (unpaired) electrons. The number of amides is 2. The van der Waals surface area contributed by atoms with E-state index < -0.39 is 30.1 Å². The Balaban J connectivity index is 1.59. The maximum Gasteiger partial charge on any atom is 0.247 e. The molecule has 1 fully saturated rings. The van der Waals surface area contributed by atoms with Gasteiger partial charge >= 0.3 is 0 Å². The number of rotatable bonds is 9. The summed E-state index contributed by atoms with van der Waals surface area (Å²) in [6, 6.07) is 10.4. The largest absolute Gasteiger partial charge is 0.493 e. The van der Waals surface area contributed by atoms with Gasteiger partial charge in [-0.1, -0.05) is 29.8 Å². The van der Waals surface area contributed by atoms with Gasteiger partial charge in [0.05, 0.1) is 44.8 Å². The molecule has 4 N–H and O–H groups in total. The highest BCUT2D eigenvalue weighted by Gasteiger charge is 2.52. The SMILES string of the molecule is COc1cc(CO)cc2c1O[C@@H]1[C@@H](O)[C@H](N(Cc3ccc(C)cc3)C(=O)C3CCOC3)C=C(C(=O)NCCO)[C@H]21. The van der Waals surface area contributed by atoms with Gasteiger partial charge in [-0.05, 0) is 42.7 Å². The Morgan fingerprint density at radius 1 is 1.15 bits per heavy atom. The van der Waals surface area contributed by atoms with Crippen LogP contribution in [0, 0.1) is 12.8 Å². The Morgan fingerprint density at radius 3 is 2.58 bits per heavy atom. The normalized spacial score (nSPS) is 24.9. The number of nitrogens with one attached hydrogen (secondary N) is 1. The minimum absolute atomic E-state index is 0.0416. The number of aliphatic hydroxyl groups excluding tert-OH is 3. The molecule has 1 aliphatic carbocycles. The van der Waals surface area contributed by atoms with Gasteiger partial charge in [-0.3, -0.25) is 9.59 Å². The third kappa shape index (κ3) is 5.32. The number of fused-ring (bicyclic) bond motifs is 3. The lowest BCUT2D eigenvalue weighted by Gasteiger charge is -2.41. The molecule has 3 aliphatic rings. The van der Waals surface area contributed by atoms with E-state index in [2.05, 4.69) is 5.32 Å². The van der Waals surface area contributed by atoms with Crippen molar-refractivity contribution in [3.05, 3.63) is 70.3 Å². The van der Waals surface area contributed by atoms with Crippen LogP contribution in [0.3, 0.4) is 0 Å². The van der Waals surface area contributed by atoms with Gasteiger partial charge in [0.1, 0.15) is 12.2 Å². The van der Waals surface area contributed by atoms with Crippen molar-refractivity contribution in [1.82, 2.24) is 10.2 Å². The van der Waals surface area contributed by atoms with Crippen molar-refractivity contribution in [2.45, 2.75) is 50.7 Å². The molecule has 0 aromatic heterocycles. The fourth-order valence-corrected chi connectivity index (χ4v) is 5.80. The van der Waals surface area contributed by atoms with Gasteiger partial charge in [-0.2, -0.15) is 0 Å². The molecule has 2 amide bonds. The summed E-state index contributed by atoms with van der Waals surface area (Å²) in [5.74, 6) is -0.863. The van der Waals surface area contributed by atoms with E-state index in [4.69, 9.17) is 14.2 Å². The van der Waals surface area contributed by atoms with Crippen LogP contribution < -0.4 is 14.8 Å². The van der Waals surface area contributed by atoms with Gasteiger partial charge in [0.2, 0.25) is 11.8 Å². The number of carbonyl (C=O) groups excluding carboxylic acids is 2. The van der Waals surface area contributed by atoms with Crippen molar-refractivity contribution in [3.8, 4) is 11.5 Å². The Hall–Kier alpha value is -3.44. The number of aryl methyl sites for hydroxylation is 1. The van der Waals surface area contributed by atoms with Crippen molar-refractivity contribution in [1.29, 1.82) is 0 Å². The Kier molecular flexibility index (Phi) is 8.41. The molecule has 0 spiro atoms. The molecule has 10 heteroatoms. The van der Waals surface area contributed by atoms with Crippen molar-refractivity contribution < 1.29 is 39.1 Å². The third-order valence-corrected chi connectivity index (χ3v) is 7.89. The number of nitrogens with zero attached hydrogens (tertiary/aromatic N) is 1.